The average Bonchev–Trinajstić information content (AvgIpc) is 1.67. The molecule has 0 saturated carbocycles. The second kappa shape index (κ2) is 3.94. The summed E-state index contributed by atoms with van der Waals surface area (Å²) in [7, 11) is 1.31. The molecular weight excluding hydrogens is 133 g/mol. The van der Waals surface area contributed by atoms with Gasteiger partial charge < -0.3 is 4.55 Å². The van der Waals surface area contributed by atoms with E-state index < -0.39 is 17.9 Å². The first-order chi connectivity index (χ1) is 3.68. The van der Waals surface area contributed by atoms with Crippen molar-refractivity contribution in [3.63, 3.8) is 0 Å². The summed E-state index contributed by atoms with van der Waals surface area (Å²) in [6.45, 7) is -0.694. The van der Waals surface area contributed by atoms with E-state index in [1.807, 2.05) is 0 Å². The van der Waals surface area contributed by atoms with Crippen LogP contribution in [0.4, 0.5) is 4.39 Å². The Morgan fingerprint density at radius 1 is 1.88 bits per heavy atom. The Morgan fingerprint density at radius 3 is 2.50 bits per heavy atom. The third kappa shape index (κ3) is 3.06. The van der Waals surface area contributed by atoms with Crippen LogP contribution in [0, 0.1) is 0 Å². The molecule has 0 fully saturated rings. The lowest BCUT2D eigenvalue weighted by atomic mass is 10.7. The lowest BCUT2D eigenvalue weighted by molar-refractivity contribution is 0.380. The second-order valence-corrected chi connectivity index (χ2v) is 2.32. The van der Waals surface area contributed by atoms with E-state index in [2.05, 4.69) is 0 Å². The molecule has 0 spiro atoms. The number of nitrogens with zero attached hydrogens (tertiary/aromatic N) is 1. The average molecular weight is 140 g/mol. The van der Waals surface area contributed by atoms with Gasteiger partial charge in [-0.15, -0.1) is 0 Å². The molecule has 0 aromatic heterocycles. The summed E-state index contributed by atoms with van der Waals surface area (Å²) in [6, 6.07) is 0. The highest BCUT2D eigenvalue weighted by Crippen LogP contribution is 1.83. The van der Waals surface area contributed by atoms with Crippen molar-refractivity contribution in [1.29, 1.82) is 0 Å². The van der Waals surface area contributed by atoms with E-state index in [0.717, 1.165) is 4.31 Å². The minimum absolute atomic E-state index is 0.0594. The van der Waals surface area contributed by atoms with Crippen LogP contribution in [0.1, 0.15) is 0 Å². The van der Waals surface area contributed by atoms with E-state index in [-0.39, 0.29) is 6.54 Å². The third-order valence-corrected chi connectivity index (χ3v) is 1.35. The SMILES string of the molecule is CN(CCF)S(=O)[O-]. The summed E-state index contributed by atoms with van der Waals surface area (Å²) in [6.07, 6.45) is 0. The van der Waals surface area contributed by atoms with Gasteiger partial charge in [-0.25, -0.2) is 8.70 Å². The van der Waals surface area contributed by atoms with E-state index >= 15 is 0 Å². The van der Waals surface area contributed by atoms with Gasteiger partial charge in [0.05, 0.1) is 0 Å². The summed E-state index contributed by atoms with van der Waals surface area (Å²) in [5.74, 6) is 0. The quantitative estimate of drug-likeness (QED) is 0.504. The van der Waals surface area contributed by atoms with Gasteiger partial charge in [-0.1, -0.05) is 0 Å². The highest BCUT2D eigenvalue weighted by atomic mass is 32.2. The molecule has 1 unspecified atom stereocenters. The first kappa shape index (κ1) is 8.00. The standard InChI is InChI=1S/C3H8FNO2S/c1-5(3-2-4)8(6)7/h2-3H2,1H3,(H,6,7)/p-1. The van der Waals surface area contributed by atoms with E-state index in [1.165, 1.54) is 7.05 Å². The molecule has 0 radical (unpaired) electrons. The van der Waals surface area contributed by atoms with Crippen LogP contribution < -0.4 is 0 Å². The number of hydrogen-bond donors (Lipinski definition) is 0. The molecule has 0 rings (SSSR count). The molecule has 8 heavy (non-hydrogen) atoms. The zero-order valence-electron chi connectivity index (χ0n) is 4.46. The Balaban J connectivity index is 3.32. The number of halogens is 1. The van der Waals surface area contributed by atoms with Gasteiger partial charge >= 0.3 is 0 Å². The fraction of sp³-hybridized carbons (Fsp3) is 1.00. The summed E-state index contributed by atoms with van der Waals surface area (Å²) in [5, 5.41) is 0. The van der Waals surface area contributed by atoms with Gasteiger partial charge in [-0.2, -0.15) is 0 Å². The monoisotopic (exact) mass is 140 g/mol. The highest BCUT2D eigenvalue weighted by molar-refractivity contribution is 7.76. The molecule has 3 nitrogen and oxygen atoms in total. The van der Waals surface area contributed by atoms with Crippen molar-refractivity contribution < 1.29 is 13.2 Å². The fourth-order valence-electron chi connectivity index (χ4n) is 0.194. The minimum Gasteiger partial charge on any atom is -0.760 e. The van der Waals surface area contributed by atoms with Crippen LogP contribution in [0.2, 0.25) is 0 Å². The van der Waals surface area contributed by atoms with Crippen LogP contribution in [0.3, 0.4) is 0 Å². The van der Waals surface area contributed by atoms with Gasteiger partial charge in [0.15, 0.2) is 0 Å². The fourth-order valence-corrected chi connectivity index (χ4v) is 0.412. The number of hydrogen-bond acceptors (Lipinski definition) is 2. The van der Waals surface area contributed by atoms with Gasteiger partial charge in [0.25, 0.3) is 0 Å². The van der Waals surface area contributed by atoms with Crippen LogP contribution in [-0.4, -0.2) is 33.3 Å². The Labute approximate surface area is 49.9 Å². The maximum absolute atomic E-state index is 11.3. The Hall–Kier alpha value is -0.0000000000000000486. The molecule has 0 N–H and O–H groups in total. The predicted octanol–water partition coefficient (Wildman–Crippen LogP) is -0.318. The van der Waals surface area contributed by atoms with Crippen molar-refractivity contribution in [3.8, 4) is 0 Å². The van der Waals surface area contributed by atoms with Crippen LogP contribution >= 0.6 is 0 Å². The molecule has 0 aromatic rings. The van der Waals surface area contributed by atoms with Crippen LogP contribution in [0.25, 0.3) is 0 Å². The summed E-state index contributed by atoms with van der Waals surface area (Å²) in [5.41, 5.74) is 0. The van der Waals surface area contributed by atoms with Crippen molar-refractivity contribution in [2.45, 2.75) is 0 Å². The minimum atomic E-state index is -2.27. The van der Waals surface area contributed by atoms with Crippen molar-refractivity contribution in [1.82, 2.24) is 4.31 Å². The van der Waals surface area contributed by atoms with E-state index in [4.69, 9.17) is 0 Å². The molecule has 0 saturated heterocycles. The molecule has 50 valence electrons. The normalized spacial score (nSPS) is 14.5. The summed E-state index contributed by atoms with van der Waals surface area (Å²) < 4.78 is 31.9. The first-order valence-corrected chi connectivity index (χ1v) is 3.08. The van der Waals surface area contributed by atoms with Crippen molar-refractivity contribution in [2.24, 2.45) is 0 Å². The molecule has 0 aliphatic heterocycles. The van der Waals surface area contributed by atoms with Crippen LogP contribution in [-0.2, 0) is 11.3 Å². The van der Waals surface area contributed by atoms with Crippen molar-refractivity contribution >= 4 is 11.3 Å². The molecule has 0 aromatic carbocycles. The largest absolute Gasteiger partial charge is 0.760 e. The third-order valence-electron chi connectivity index (χ3n) is 0.654. The molecule has 0 aliphatic rings. The second-order valence-electron chi connectivity index (χ2n) is 1.26. The van der Waals surface area contributed by atoms with Gasteiger partial charge in [0.1, 0.15) is 6.67 Å². The lowest BCUT2D eigenvalue weighted by Gasteiger charge is -2.15. The molecule has 0 aliphatic carbocycles. The van der Waals surface area contributed by atoms with E-state index in [1.54, 1.807) is 0 Å². The predicted molar refractivity (Wildman–Crippen MR) is 27.5 cm³/mol. The Kier molecular flexibility index (Phi) is 3.94. The molecule has 0 amide bonds. The van der Waals surface area contributed by atoms with Crippen LogP contribution in [0.15, 0.2) is 0 Å². The lowest BCUT2D eigenvalue weighted by Crippen LogP contribution is -2.22. The topological polar surface area (TPSA) is 43.4 Å². The van der Waals surface area contributed by atoms with E-state index in [9.17, 15) is 13.2 Å². The highest BCUT2D eigenvalue weighted by Gasteiger charge is 1.93. The maximum atomic E-state index is 11.3. The molecule has 1 atom stereocenters. The molecular formula is C3H7FNO2S-. The molecule has 5 heteroatoms. The summed E-state index contributed by atoms with van der Waals surface area (Å²) >= 11 is -2.27. The summed E-state index contributed by atoms with van der Waals surface area (Å²) in [4.78, 5) is 0. The first-order valence-electron chi connectivity index (χ1n) is 2.05. The number of rotatable bonds is 3. The smallest absolute Gasteiger partial charge is 0.103 e. The zero-order valence-corrected chi connectivity index (χ0v) is 5.28. The van der Waals surface area contributed by atoms with Crippen molar-refractivity contribution in [2.75, 3.05) is 20.3 Å². The van der Waals surface area contributed by atoms with Crippen molar-refractivity contribution in [3.05, 3.63) is 0 Å². The van der Waals surface area contributed by atoms with E-state index in [0.29, 0.717) is 0 Å². The van der Waals surface area contributed by atoms with Crippen LogP contribution in [0.5, 0.6) is 0 Å². The molecule has 0 heterocycles. The van der Waals surface area contributed by atoms with Gasteiger partial charge in [0.2, 0.25) is 0 Å². The number of alkyl halides is 1. The van der Waals surface area contributed by atoms with Gasteiger partial charge in [-0.3, -0.25) is 4.21 Å². The molecule has 0 bridgehead atoms. The van der Waals surface area contributed by atoms with Gasteiger partial charge in [-0.05, 0) is 7.05 Å². The van der Waals surface area contributed by atoms with Gasteiger partial charge in [0, 0.05) is 17.8 Å². The Morgan fingerprint density at radius 2 is 2.38 bits per heavy atom. The zero-order chi connectivity index (χ0) is 6.57. The maximum Gasteiger partial charge on any atom is 0.103 e. The Bertz CT molecular complexity index is 89.4.